The third kappa shape index (κ3) is 8.05. The highest BCUT2D eigenvalue weighted by Crippen LogP contribution is 2.16. The Morgan fingerprint density at radius 1 is 1.11 bits per heavy atom. The number of rotatable bonds is 10. The first kappa shape index (κ1) is 26.7. The van der Waals surface area contributed by atoms with Gasteiger partial charge < -0.3 is 20.4 Å². The molecule has 8 nitrogen and oxygen atoms in total. The molecule has 0 unspecified atom stereocenters. The lowest BCUT2D eigenvalue weighted by Crippen LogP contribution is -2.55. The monoisotopic (exact) mass is 589 g/mol. The second-order valence-electron chi connectivity index (χ2n) is 8.48. The number of aromatic nitrogens is 1. The van der Waals surface area contributed by atoms with Gasteiger partial charge in [0.1, 0.15) is 11.9 Å². The van der Waals surface area contributed by atoms with Crippen molar-refractivity contribution in [2.75, 3.05) is 37.6 Å². The van der Waals surface area contributed by atoms with E-state index >= 15 is 0 Å². The van der Waals surface area contributed by atoms with Crippen LogP contribution in [0.5, 0.6) is 0 Å². The molecule has 0 radical (unpaired) electrons. The molecular formula is C26H32IN5O3. The van der Waals surface area contributed by atoms with Crippen LogP contribution in [0.2, 0.25) is 0 Å². The van der Waals surface area contributed by atoms with Crippen LogP contribution in [0.3, 0.4) is 0 Å². The lowest BCUT2D eigenvalue weighted by Gasteiger charge is -2.37. The minimum atomic E-state index is -0.626. The van der Waals surface area contributed by atoms with Crippen molar-refractivity contribution < 1.29 is 14.4 Å². The SMILES string of the molecule is C=CC(=O)NCCCC[C@H](NC(=O)c1cccc(I)c1)C(=O)N1CCN(c2cccc(C)n2)CC1. The summed E-state index contributed by atoms with van der Waals surface area (Å²) in [6.45, 7) is 8.42. The molecule has 1 atom stereocenters. The molecule has 1 aromatic carbocycles. The zero-order chi connectivity index (χ0) is 25.2. The summed E-state index contributed by atoms with van der Waals surface area (Å²) in [5.41, 5.74) is 1.49. The summed E-state index contributed by atoms with van der Waals surface area (Å²) >= 11 is 2.16. The Morgan fingerprint density at radius 2 is 1.86 bits per heavy atom. The van der Waals surface area contributed by atoms with Crippen LogP contribution in [0.25, 0.3) is 0 Å². The Labute approximate surface area is 220 Å². The summed E-state index contributed by atoms with van der Waals surface area (Å²) in [4.78, 5) is 46.3. The molecule has 1 aromatic heterocycles. The molecule has 1 aliphatic heterocycles. The standard InChI is InChI=1S/C26H32IN5O3/c1-3-24(33)28-13-5-4-11-22(30-25(34)20-9-7-10-21(27)18-20)26(35)32-16-14-31(15-17-32)23-12-6-8-19(2)29-23/h3,6-10,12,18,22H,1,4-5,11,13-17H2,2H3,(H,28,33)(H,30,34)/t22-/m0/s1. The van der Waals surface area contributed by atoms with Crippen LogP contribution in [-0.2, 0) is 9.59 Å². The van der Waals surface area contributed by atoms with Gasteiger partial charge in [0.25, 0.3) is 5.91 Å². The Bertz CT molecular complexity index is 1050. The van der Waals surface area contributed by atoms with Gasteiger partial charge in [-0.2, -0.15) is 0 Å². The van der Waals surface area contributed by atoms with Gasteiger partial charge in [-0.25, -0.2) is 4.98 Å². The molecule has 35 heavy (non-hydrogen) atoms. The number of carbonyl (C=O) groups excluding carboxylic acids is 3. The van der Waals surface area contributed by atoms with E-state index in [0.717, 1.165) is 15.1 Å². The molecule has 186 valence electrons. The number of pyridine rings is 1. The summed E-state index contributed by atoms with van der Waals surface area (Å²) in [7, 11) is 0. The van der Waals surface area contributed by atoms with Crippen molar-refractivity contribution >= 4 is 46.1 Å². The highest BCUT2D eigenvalue weighted by atomic mass is 127. The number of halogens is 1. The molecule has 3 rings (SSSR count). The number of nitrogens with zero attached hydrogens (tertiary/aromatic N) is 3. The van der Waals surface area contributed by atoms with Gasteiger partial charge in [0.05, 0.1) is 0 Å². The minimum absolute atomic E-state index is 0.0732. The van der Waals surface area contributed by atoms with E-state index in [0.29, 0.717) is 57.5 Å². The first-order chi connectivity index (χ1) is 16.9. The maximum absolute atomic E-state index is 13.4. The predicted molar refractivity (Wildman–Crippen MR) is 145 cm³/mol. The van der Waals surface area contributed by atoms with Crippen LogP contribution in [-0.4, -0.2) is 66.4 Å². The molecule has 3 amide bonds. The van der Waals surface area contributed by atoms with Crippen LogP contribution in [0.1, 0.15) is 35.3 Å². The van der Waals surface area contributed by atoms with Gasteiger partial charge in [0.2, 0.25) is 11.8 Å². The summed E-state index contributed by atoms with van der Waals surface area (Å²) in [5, 5.41) is 5.70. The number of amides is 3. The van der Waals surface area contributed by atoms with Crippen LogP contribution in [0.15, 0.2) is 55.1 Å². The zero-order valence-corrected chi connectivity index (χ0v) is 22.2. The van der Waals surface area contributed by atoms with Crippen molar-refractivity contribution in [2.45, 2.75) is 32.2 Å². The van der Waals surface area contributed by atoms with Crippen molar-refractivity contribution in [2.24, 2.45) is 0 Å². The molecule has 0 bridgehead atoms. The topological polar surface area (TPSA) is 94.6 Å². The fraction of sp³-hybridized carbons (Fsp3) is 0.385. The molecule has 0 saturated carbocycles. The van der Waals surface area contributed by atoms with Gasteiger partial charge in [0.15, 0.2) is 0 Å². The first-order valence-electron chi connectivity index (χ1n) is 11.8. The van der Waals surface area contributed by atoms with Crippen LogP contribution >= 0.6 is 22.6 Å². The quantitative estimate of drug-likeness (QED) is 0.253. The van der Waals surface area contributed by atoms with Crippen molar-refractivity contribution in [1.82, 2.24) is 20.5 Å². The molecule has 1 fully saturated rings. The molecule has 0 aliphatic carbocycles. The number of piperazine rings is 1. The minimum Gasteiger partial charge on any atom is -0.353 e. The van der Waals surface area contributed by atoms with Crippen molar-refractivity contribution in [1.29, 1.82) is 0 Å². The molecule has 9 heteroatoms. The van der Waals surface area contributed by atoms with Gasteiger partial charge >= 0.3 is 0 Å². The molecular weight excluding hydrogens is 557 g/mol. The summed E-state index contributed by atoms with van der Waals surface area (Å²) in [6.07, 6.45) is 3.13. The van der Waals surface area contributed by atoms with Crippen LogP contribution in [0, 0.1) is 10.5 Å². The lowest BCUT2D eigenvalue weighted by atomic mass is 10.1. The third-order valence-electron chi connectivity index (χ3n) is 5.88. The smallest absolute Gasteiger partial charge is 0.251 e. The fourth-order valence-electron chi connectivity index (χ4n) is 3.97. The Kier molecular flexibility index (Phi) is 10.1. The maximum Gasteiger partial charge on any atom is 0.251 e. The largest absolute Gasteiger partial charge is 0.353 e. The molecule has 2 heterocycles. The van der Waals surface area contributed by atoms with E-state index in [-0.39, 0.29) is 17.7 Å². The highest BCUT2D eigenvalue weighted by Gasteiger charge is 2.29. The average Bonchev–Trinajstić information content (AvgIpc) is 2.87. The number of benzene rings is 1. The lowest BCUT2D eigenvalue weighted by molar-refractivity contribution is -0.133. The number of carbonyl (C=O) groups is 3. The molecule has 1 aliphatic rings. The predicted octanol–water partition coefficient (Wildman–Crippen LogP) is 2.91. The summed E-state index contributed by atoms with van der Waals surface area (Å²) < 4.78 is 0.956. The van der Waals surface area contributed by atoms with Crippen molar-refractivity contribution in [3.05, 3.63) is 69.9 Å². The van der Waals surface area contributed by atoms with Gasteiger partial charge in [-0.1, -0.05) is 18.7 Å². The second-order valence-corrected chi connectivity index (χ2v) is 9.72. The number of anilines is 1. The average molecular weight is 589 g/mol. The first-order valence-corrected chi connectivity index (χ1v) is 12.9. The fourth-order valence-corrected chi connectivity index (χ4v) is 4.51. The summed E-state index contributed by atoms with van der Waals surface area (Å²) in [5.74, 6) is 0.369. The molecule has 2 aromatic rings. The van der Waals surface area contributed by atoms with E-state index in [9.17, 15) is 14.4 Å². The van der Waals surface area contributed by atoms with Crippen molar-refractivity contribution in [3.63, 3.8) is 0 Å². The van der Waals surface area contributed by atoms with Gasteiger partial charge in [-0.05, 0) is 85.2 Å². The maximum atomic E-state index is 13.4. The van der Waals surface area contributed by atoms with Gasteiger partial charge in [-0.3, -0.25) is 14.4 Å². The normalized spacial score (nSPS) is 14.2. The van der Waals surface area contributed by atoms with E-state index in [1.165, 1.54) is 6.08 Å². The number of aryl methyl sites for hydroxylation is 1. The number of nitrogens with one attached hydrogen (secondary N) is 2. The number of unbranched alkanes of at least 4 members (excludes halogenated alkanes) is 1. The van der Waals surface area contributed by atoms with Crippen LogP contribution in [0.4, 0.5) is 5.82 Å². The van der Waals surface area contributed by atoms with Gasteiger partial charge in [-0.15, -0.1) is 0 Å². The van der Waals surface area contributed by atoms with E-state index in [2.05, 4.69) is 49.7 Å². The Balaban J connectivity index is 1.61. The van der Waals surface area contributed by atoms with E-state index in [1.807, 2.05) is 42.2 Å². The highest BCUT2D eigenvalue weighted by molar-refractivity contribution is 14.1. The number of hydrogen-bond acceptors (Lipinski definition) is 5. The molecule has 1 saturated heterocycles. The van der Waals surface area contributed by atoms with Crippen LogP contribution < -0.4 is 15.5 Å². The number of hydrogen-bond donors (Lipinski definition) is 2. The Hall–Kier alpha value is -2.95. The Morgan fingerprint density at radius 3 is 2.54 bits per heavy atom. The van der Waals surface area contributed by atoms with E-state index in [1.54, 1.807) is 12.1 Å². The summed E-state index contributed by atoms with van der Waals surface area (Å²) in [6, 6.07) is 12.6. The molecule has 2 N–H and O–H groups in total. The van der Waals surface area contributed by atoms with Gasteiger partial charge in [0, 0.05) is 47.6 Å². The van der Waals surface area contributed by atoms with Crippen molar-refractivity contribution in [3.8, 4) is 0 Å². The second kappa shape index (κ2) is 13.2. The van der Waals surface area contributed by atoms with E-state index < -0.39 is 6.04 Å². The van der Waals surface area contributed by atoms with E-state index in [4.69, 9.17) is 0 Å². The third-order valence-corrected chi connectivity index (χ3v) is 6.55. The zero-order valence-electron chi connectivity index (χ0n) is 20.0. The molecule has 0 spiro atoms.